The Bertz CT molecular complexity index is 345. The van der Waals surface area contributed by atoms with Crippen LogP contribution in [0.2, 0.25) is 0 Å². The minimum atomic E-state index is 0.0742. The third-order valence-electron chi connectivity index (χ3n) is 3.57. The number of aromatic nitrogens is 1. The highest BCUT2D eigenvalue weighted by molar-refractivity contribution is 7.11. The molecule has 4 heteroatoms. The standard InChI is InChI=1S/C13H22N2OS/c1-9(14)11-8-15-13(17-11)12(16-2)10-6-4-3-5-7-10/h8-10,12H,3-7,14H2,1-2H3. The summed E-state index contributed by atoms with van der Waals surface area (Å²) >= 11 is 1.71. The summed E-state index contributed by atoms with van der Waals surface area (Å²) in [4.78, 5) is 5.65. The minimum Gasteiger partial charge on any atom is -0.374 e. The van der Waals surface area contributed by atoms with Crippen molar-refractivity contribution < 1.29 is 4.74 Å². The Morgan fingerprint density at radius 1 is 1.41 bits per heavy atom. The lowest BCUT2D eigenvalue weighted by atomic mass is 9.85. The first-order chi connectivity index (χ1) is 8.22. The fourth-order valence-electron chi connectivity index (χ4n) is 2.57. The summed E-state index contributed by atoms with van der Waals surface area (Å²) in [7, 11) is 1.80. The van der Waals surface area contributed by atoms with E-state index in [1.54, 1.807) is 18.4 Å². The quantitative estimate of drug-likeness (QED) is 0.895. The van der Waals surface area contributed by atoms with Gasteiger partial charge in [0, 0.05) is 24.2 Å². The van der Waals surface area contributed by atoms with Crippen LogP contribution in [0.5, 0.6) is 0 Å². The molecule has 0 aliphatic heterocycles. The second kappa shape index (κ2) is 5.94. The van der Waals surface area contributed by atoms with E-state index < -0.39 is 0 Å². The van der Waals surface area contributed by atoms with Gasteiger partial charge in [0.15, 0.2) is 0 Å². The van der Waals surface area contributed by atoms with Crippen molar-refractivity contribution in [3.8, 4) is 0 Å². The zero-order chi connectivity index (χ0) is 12.3. The summed E-state index contributed by atoms with van der Waals surface area (Å²) in [5.41, 5.74) is 5.88. The molecule has 0 spiro atoms. The molecule has 2 N–H and O–H groups in total. The third-order valence-corrected chi connectivity index (χ3v) is 4.83. The zero-order valence-corrected chi connectivity index (χ0v) is 11.5. The Kier molecular flexibility index (Phi) is 4.54. The Balaban J connectivity index is 2.10. The highest BCUT2D eigenvalue weighted by atomic mass is 32.1. The molecule has 1 saturated carbocycles. The van der Waals surface area contributed by atoms with E-state index in [0.29, 0.717) is 5.92 Å². The summed E-state index contributed by atoms with van der Waals surface area (Å²) in [5, 5.41) is 1.10. The van der Waals surface area contributed by atoms with Gasteiger partial charge in [-0.2, -0.15) is 0 Å². The summed E-state index contributed by atoms with van der Waals surface area (Å²) in [6, 6.07) is 0.0742. The van der Waals surface area contributed by atoms with E-state index in [9.17, 15) is 0 Å². The Hall–Kier alpha value is -0.450. The lowest BCUT2D eigenvalue weighted by Gasteiger charge is -2.27. The molecule has 2 atom stereocenters. The van der Waals surface area contributed by atoms with Gasteiger partial charge in [-0.1, -0.05) is 19.3 Å². The lowest BCUT2D eigenvalue weighted by Crippen LogP contribution is -2.17. The van der Waals surface area contributed by atoms with Gasteiger partial charge in [-0.3, -0.25) is 0 Å². The number of hydrogen-bond donors (Lipinski definition) is 1. The predicted molar refractivity (Wildman–Crippen MR) is 71.0 cm³/mol. The molecule has 96 valence electrons. The second-order valence-corrected chi connectivity index (χ2v) is 6.04. The Morgan fingerprint density at radius 3 is 2.65 bits per heavy atom. The number of nitrogens with two attached hydrogens (primary N) is 1. The van der Waals surface area contributed by atoms with E-state index in [-0.39, 0.29) is 12.1 Å². The molecule has 0 bridgehead atoms. The first-order valence-corrected chi connectivity index (χ1v) is 7.28. The SMILES string of the molecule is COC(c1ncc(C(C)N)s1)C1CCCCC1. The summed E-state index contributed by atoms with van der Waals surface area (Å²) < 4.78 is 5.68. The van der Waals surface area contributed by atoms with Crippen LogP contribution in [0.25, 0.3) is 0 Å². The molecule has 1 aliphatic carbocycles. The molecular formula is C13H22N2OS. The van der Waals surface area contributed by atoms with E-state index in [0.717, 1.165) is 9.88 Å². The van der Waals surface area contributed by atoms with Gasteiger partial charge in [0.05, 0.1) is 0 Å². The second-order valence-electron chi connectivity index (χ2n) is 4.94. The van der Waals surface area contributed by atoms with Crippen LogP contribution in [-0.4, -0.2) is 12.1 Å². The van der Waals surface area contributed by atoms with Gasteiger partial charge in [-0.05, 0) is 25.7 Å². The molecule has 1 heterocycles. The molecule has 2 rings (SSSR count). The van der Waals surface area contributed by atoms with Crippen molar-refractivity contribution in [3.63, 3.8) is 0 Å². The molecule has 0 radical (unpaired) electrons. The predicted octanol–water partition coefficient (Wildman–Crippen LogP) is 3.43. The smallest absolute Gasteiger partial charge is 0.122 e. The molecule has 2 unspecified atom stereocenters. The molecule has 0 saturated heterocycles. The average molecular weight is 254 g/mol. The van der Waals surface area contributed by atoms with E-state index in [4.69, 9.17) is 10.5 Å². The topological polar surface area (TPSA) is 48.1 Å². The number of ether oxygens (including phenoxy) is 1. The van der Waals surface area contributed by atoms with Crippen LogP contribution in [0, 0.1) is 5.92 Å². The van der Waals surface area contributed by atoms with Crippen molar-refractivity contribution in [2.45, 2.75) is 51.2 Å². The van der Waals surface area contributed by atoms with Gasteiger partial charge in [-0.25, -0.2) is 4.98 Å². The van der Waals surface area contributed by atoms with E-state index in [1.165, 1.54) is 32.1 Å². The molecule has 1 aromatic heterocycles. The van der Waals surface area contributed by atoms with Gasteiger partial charge >= 0.3 is 0 Å². The minimum absolute atomic E-state index is 0.0742. The van der Waals surface area contributed by atoms with Gasteiger partial charge in [0.25, 0.3) is 0 Å². The molecule has 0 amide bonds. The van der Waals surface area contributed by atoms with Crippen LogP contribution in [0.15, 0.2) is 6.20 Å². The van der Waals surface area contributed by atoms with Crippen molar-refractivity contribution in [3.05, 3.63) is 16.1 Å². The van der Waals surface area contributed by atoms with Crippen LogP contribution < -0.4 is 5.73 Å². The van der Waals surface area contributed by atoms with Crippen molar-refractivity contribution in [2.24, 2.45) is 11.7 Å². The monoisotopic (exact) mass is 254 g/mol. The first-order valence-electron chi connectivity index (χ1n) is 6.46. The van der Waals surface area contributed by atoms with Crippen molar-refractivity contribution >= 4 is 11.3 Å². The fourth-order valence-corrected chi connectivity index (χ4v) is 3.62. The van der Waals surface area contributed by atoms with Crippen LogP contribution >= 0.6 is 11.3 Å². The highest BCUT2D eigenvalue weighted by Gasteiger charge is 2.27. The average Bonchev–Trinajstić information content (AvgIpc) is 2.81. The van der Waals surface area contributed by atoms with Crippen LogP contribution in [-0.2, 0) is 4.74 Å². The lowest BCUT2D eigenvalue weighted by molar-refractivity contribution is 0.0352. The van der Waals surface area contributed by atoms with E-state index in [1.807, 2.05) is 13.1 Å². The Labute approximate surface area is 107 Å². The summed E-state index contributed by atoms with van der Waals surface area (Å²) in [6.07, 6.45) is 8.64. The van der Waals surface area contributed by atoms with Crippen LogP contribution in [0.4, 0.5) is 0 Å². The maximum absolute atomic E-state index is 5.88. The molecule has 17 heavy (non-hydrogen) atoms. The Morgan fingerprint density at radius 2 is 2.12 bits per heavy atom. The maximum Gasteiger partial charge on any atom is 0.122 e. The van der Waals surface area contributed by atoms with Gasteiger partial charge in [0.1, 0.15) is 11.1 Å². The van der Waals surface area contributed by atoms with E-state index in [2.05, 4.69) is 4.98 Å². The van der Waals surface area contributed by atoms with Crippen molar-refractivity contribution in [1.82, 2.24) is 4.98 Å². The normalized spacial score (nSPS) is 21.4. The number of thiazole rings is 1. The van der Waals surface area contributed by atoms with Gasteiger partial charge in [-0.15, -0.1) is 11.3 Å². The number of hydrogen-bond acceptors (Lipinski definition) is 4. The van der Waals surface area contributed by atoms with Crippen molar-refractivity contribution in [2.75, 3.05) is 7.11 Å². The maximum atomic E-state index is 5.88. The van der Waals surface area contributed by atoms with Crippen LogP contribution in [0.3, 0.4) is 0 Å². The first kappa shape index (κ1) is 13.0. The number of methoxy groups -OCH3 is 1. The largest absolute Gasteiger partial charge is 0.374 e. The van der Waals surface area contributed by atoms with Gasteiger partial charge in [0.2, 0.25) is 0 Å². The molecule has 1 aliphatic rings. The molecule has 0 aromatic carbocycles. The number of nitrogens with zero attached hydrogens (tertiary/aromatic N) is 1. The number of rotatable bonds is 4. The fraction of sp³-hybridized carbons (Fsp3) is 0.769. The van der Waals surface area contributed by atoms with E-state index >= 15 is 0 Å². The molecule has 1 aromatic rings. The third kappa shape index (κ3) is 3.06. The summed E-state index contributed by atoms with van der Waals surface area (Å²) in [6.45, 7) is 2.00. The van der Waals surface area contributed by atoms with Crippen LogP contribution in [0.1, 0.15) is 61.1 Å². The summed E-state index contributed by atoms with van der Waals surface area (Å²) in [5.74, 6) is 0.640. The molecule has 1 fully saturated rings. The molecular weight excluding hydrogens is 232 g/mol. The van der Waals surface area contributed by atoms with Gasteiger partial charge < -0.3 is 10.5 Å². The highest BCUT2D eigenvalue weighted by Crippen LogP contribution is 2.38. The molecule has 3 nitrogen and oxygen atoms in total. The zero-order valence-electron chi connectivity index (χ0n) is 10.7. The van der Waals surface area contributed by atoms with Crippen molar-refractivity contribution in [1.29, 1.82) is 0 Å².